The third-order valence-corrected chi connectivity index (χ3v) is 4.21. The number of nitrogens with one attached hydrogen (secondary N) is 1. The summed E-state index contributed by atoms with van der Waals surface area (Å²) in [5, 5.41) is 18.5. The van der Waals surface area contributed by atoms with E-state index in [2.05, 4.69) is 20.3 Å². The number of nitrogens with zero attached hydrogens (tertiary/aromatic N) is 5. The highest BCUT2D eigenvalue weighted by molar-refractivity contribution is 5.59. The molecule has 2 aromatic heterocycles. The molecule has 0 aromatic carbocycles. The Kier molecular flexibility index (Phi) is 4.84. The Balaban J connectivity index is 1.74. The molecule has 1 atom stereocenters. The highest BCUT2D eigenvalue weighted by atomic mass is 16.6. The second kappa shape index (κ2) is 7.06. The van der Waals surface area contributed by atoms with Crippen LogP contribution in [-0.2, 0) is 18.3 Å². The molecule has 1 N–H and O–H groups in total. The monoisotopic (exact) mass is 346 g/mol. The summed E-state index contributed by atoms with van der Waals surface area (Å²) in [6.07, 6.45) is 1.94. The topological polar surface area (TPSA) is 98.4 Å². The summed E-state index contributed by atoms with van der Waals surface area (Å²) < 4.78 is 7.06. The maximum absolute atomic E-state index is 11.2. The fourth-order valence-corrected chi connectivity index (χ4v) is 3.02. The van der Waals surface area contributed by atoms with Gasteiger partial charge in [-0.05, 0) is 31.5 Å². The van der Waals surface area contributed by atoms with Crippen LogP contribution in [0.3, 0.4) is 0 Å². The molecule has 0 spiro atoms. The molecule has 25 heavy (non-hydrogen) atoms. The van der Waals surface area contributed by atoms with Crippen molar-refractivity contribution in [3.05, 3.63) is 39.7 Å². The van der Waals surface area contributed by atoms with Crippen molar-refractivity contribution in [3.8, 4) is 0 Å². The summed E-state index contributed by atoms with van der Waals surface area (Å²) in [6, 6.07) is 3.90. The third kappa shape index (κ3) is 3.71. The number of anilines is 2. The SMILES string of the molecule is Cc1nn(C)c(NCc2ccnc(N3CCOC(C)C3)c2)c1[N+](=O)[O-]. The number of aryl methyl sites for hydroxylation is 2. The number of hydrogen-bond acceptors (Lipinski definition) is 7. The quantitative estimate of drug-likeness (QED) is 0.652. The van der Waals surface area contributed by atoms with E-state index in [0.717, 1.165) is 24.5 Å². The molecule has 134 valence electrons. The zero-order valence-electron chi connectivity index (χ0n) is 14.6. The Labute approximate surface area is 145 Å². The first-order valence-corrected chi connectivity index (χ1v) is 8.19. The molecule has 1 unspecified atom stereocenters. The maximum atomic E-state index is 11.2. The standard InChI is InChI=1S/C16H22N6O3/c1-11-10-21(6-7-25-11)14-8-13(4-5-17-14)9-18-16-15(22(23)24)12(2)19-20(16)3/h4-5,8,11,18H,6-7,9-10H2,1-3H3. The molecule has 0 bridgehead atoms. The Morgan fingerprint density at radius 1 is 1.52 bits per heavy atom. The molecule has 0 radical (unpaired) electrons. The van der Waals surface area contributed by atoms with Crippen molar-refractivity contribution in [2.24, 2.45) is 7.05 Å². The van der Waals surface area contributed by atoms with Crippen LogP contribution in [0.15, 0.2) is 18.3 Å². The Morgan fingerprint density at radius 3 is 3.04 bits per heavy atom. The summed E-state index contributed by atoms with van der Waals surface area (Å²) in [4.78, 5) is 17.5. The van der Waals surface area contributed by atoms with Gasteiger partial charge in [0.15, 0.2) is 0 Å². The van der Waals surface area contributed by atoms with Gasteiger partial charge in [-0.3, -0.25) is 10.1 Å². The summed E-state index contributed by atoms with van der Waals surface area (Å²) in [5.74, 6) is 1.30. The van der Waals surface area contributed by atoms with E-state index in [1.807, 2.05) is 19.1 Å². The summed E-state index contributed by atoms with van der Waals surface area (Å²) in [6.45, 7) is 6.42. The summed E-state index contributed by atoms with van der Waals surface area (Å²) >= 11 is 0. The van der Waals surface area contributed by atoms with Crippen molar-refractivity contribution in [2.45, 2.75) is 26.5 Å². The lowest BCUT2D eigenvalue weighted by Crippen LogP contribution is -2.41. The van der Waals surface area contributed by atoms with Crippen molar-refractivity contribution in [3.63, 3.8) is 0 Å². The molecule has 3 rings (SSSR count). The zero-order chi connectivity index (χ0) is 18.0. The van der Waals surface area contributed by atoms with Gasteiger partial charge in [-0.15, -0.1) is 0 Å². The van der Waals surface area contributed by atoms with E-state index in [1.54, 1.807) is 20.2 Å². The molecule has 1 aliphatic heterocycles. The molecule has 9 heteroatoms. The largest absolute Gasteiger partial charge is 0.375 e. The fourth-order valence-electron chi connectivity index (χ4n) is 3.02. The predicted molar refractivity (Wildman–Crippen MR) is 93.8 cm³/mol. The van der Waals surface area contributed by atoms with Gasteiger partial charge in [-0.25, -0.2) is 9.67 Å². The van der Waals surface area contributed by atoms with Crippen molar-refractivity contribution in [1.29, 1.82) is 0 Å². The van der Waals surface area contributed by atoms with Gasteiger partial charge in [0.25, 0.3) is 0 Å². The van der Waals surface area contributed by atoms with Crippen LogP contribution in [0.1, 0.15) is 18.2 Å². The molecule has 9 nitrogen and oxygen atoms in total. The van der Waals surface area contributed by atoms with Gasteiger partial charge in [0.1, 0.15) is 11.5 Å². The van der Waals surface area contributed by atoms with Gasteiger partial charge in [-0.2, -0.15) is 5.10 Å². The van der Waals surface area contributed by atoms with Crippen molar-refractivity contribution < 1.29 is 9.66 Å². The highest BCUT2D eigenvalue weighted by Crippen LogP contribution is 2.28. The number of nitro groups is 1. The zero-order valence-corrected chi connectivity index (χ0v) is 14.6. The number of pyridine rings is 1. The molecule has 1 saturated heterocycles. The van der Waals surface area contributed by atoms with Crippen LogP contribution in [0, 0.1) is 17.0 Å². The number of ether oxygens (including phenoxy) is 1. The van der Waals surface area contributed by atoms with Gasteiger partial charge in [0.2, 0.25) is 5.82 Å². The normalized spacial score (nSPS) is 17.6. The van der Waals surface area contributed by atoms with Crippen LogP contribution < -0.4 is 10.2 Å². The van der Waals surface area contributed by atoms with Crippen molar-refractivity contribution in [1.82, 2.24) is 14.8 Å². The van der Waals surface area contributed by atoms with Gasteiger partial charge < -0.3 is 15.0 Å². The Bertz CT molecular complexity index is 775. The molecular formula is C16H22N6O3. The second-order valence-electron chi connectivity index (χ2n) is 6.17. The lowest BCUT2D eigenvalue weighted by molar-refractivity contribution is -0.384. The smallest absolute Gasteiger partial charge is 0.333 e. The van der Waals surface area contributed by atoms with Crippen LogP contribution >= 0.6 is 0 Å². The number of hydrogen-bond donors (Lipinski definition) is 1. The summed E-state index contributed by atoms with van der Waals surface area (Å²) in [5.41, 5.74) is 1.41. The molecule has 0 amide bonds. The number of aromatic nitrogens is 3. The van der Waals surface area contributed by atoms with E-state index in [0.29, 0.717) is 24.7 Å². The van der Waals surface area contributed by atoms with Crippen molar-refractivity contribution in [2.75, 3.05) is 29.9 Å². The molecule has 1 fully saturated rings. The minimum Gasteiger partial charge on any atom is -0.375 e. The minimum atomic E-state index is -0.405. The average Bonchev–Trinajstić information content (AvgIpc) is 2.87. The van der Waals surface area contributed by atoms with Crippen molar-refractivity contribution >= 4 is 17.3 Å². The Hall–Kier alpha value is -2.68. The van der Waals surface area contributed by atoms with E-state index < -0.39 is 4.92 Å². The third-order valence-electron chi connectivity index (χ3n) is 4.21. The highest BCUT2D eigenvalue weighted by Gasteiger charge is 2.24. The number of morpholine rings is 1. The molecule has 0 saturated carbocycles. The van der Waals surface area contributed by atoms with Crippen LogP contribution in [-0.4, -0.2) is 45.5 Å². The van der Waals surface area contributed by atoms with E-state index in [9.17, 15) is 10.1 Å². The second-order valence-corrected chi connectivity index (χ2v) is 6.17. The van der Waals surface area contributed by atoms with Crippen LogP contribution in [0.25, 0.3) is 0 Å². The molecule has 0 aliphatic carbocycles. The van der Waals surface area contributed by atoms with Gasteiger partial charge in [0.05, 0.1) is 17.6 Å². The van der Waals surface area contributed by atoms with Gasteiger partial charge in [-0.1, -0.05) is 0 Å². The Morgan fingerprint density at radius 2 is 2.32 bits per heavy atom. The van der Waals surface area contributed by atoms with E-state index >= 15 is 0 Å². The first-order chi connectivity index (χ1) is 12.0. The van der Waals surface area contributed by atoms with E-state index in [1.165, 1.54) is 4.68 Å². The van der Waals surface area contributed by atoms with Crippen LogP contribution in [0.4, 0.5) is 17.3 Å². The first-order valence-electron chi connectivity index (χ1n) is 8.19. The predicted octanol–water partition coefficient (Wildman–Crippen LogP) is 1.87. The molecule has 2 aromatic rings. The lowest BCUT2D eigenvalue weighted by Gasteiger charge is -2.32. The molecular weight excluding hydrogens is 324 g/mol. The van der Waals surface area contributed by atoms with Crippen LogP contribution in [0.2, 0.25) is 0 Å². The van der Waals surface area contributed by atoms with E-state index in [4.69, 9.17) is 4.74 Å². The number of rotatable bonds is 5. The molecule has 3 heterocycles. The van der Waals surface area contributed by atoms with Gasteiger partial charge >= 0.3 is 5.69 Å². The molecule has 1 aliphatic rings. The summed E-state index contributed by atoms with van der Waals surface area (Å²) in [7, 11) is 1.69. The average molecular weight is 346 g/mol. The van der Waals surface area contributed by atoms with E-state index in [-0.39, 0.29) is 11.8 Å². The fraction of sp³-hybridized carbons (Fsp3) is 0.500. The van der Waals surface area contributed by atoms with Gasteiger partial charge in [0, 0.05) is 32.9 Å². The maximum Gasteiger partial charge on any atom is 0.333 e. The first kappa shape index (κ1) is 17.2. The van der Waals surface area contributed by atoms with Crippen LogP contribution in [0.5, 0.6) is 0 Å². The lowest BCUT2D eigenvalue weighted by atomic mass is 10.2. The minimum absolute atomic E-state index is 0.0128.